The van der Waals surface area contributed by atoms with E-state index in [0.717, 1.165) is 16.2 Å². The molecule has 0 aliphatic carbocycles. The Kier molecular flexibility index (Phi) is 5.23. The number of ketones is 1. The van der Waals surface area contributed by atoms with E-state index in [1.165, 1.54) is 30.0 Å². The maximum atomic E-state index is 12.3. The zero-order valence-corrected chi connectivity index (χ0v) is 16.6. The molecule has 0 atom stereocenters. The van der Waals surface area contributed by atoms with Gasteiger partial charge >= 0.3 is 0 Å². The Labute approximate surface area is 169 Å². The molecule has 28 heavy (non-hydrogen) atoms. The first kappa shape index (κ1) is 18.4. The smallest absolute Gasteiger partial charge is 0.234 e. The van der Waals surface area contributed by atoms with Crippen molar-refractivity contribution in [3.05, 3.63) is 65.5 Å². The molecule has 0 saturated carbocycles. The summed E-state index contributed by atoms with van der Waals surface area (Å²) in [5, 5.41) is 14.0. The fourth-order valence-electron chi connectivity index (χ4n) is 2.72. The molecule has 0 radical (unpaired) electrons. The largest absolute Gasteiger partial charge is 0.325 e. The first-order valence-corrected chi connectivity index (χ1v) is 10.4. The zero-order valence-electron chi connectivity index (χ0n) is 15.0. The van der Waals surface area contributed by atoms with Crippen LogP contribution in [0.3, 0.4) is 0 Å². The van der Waals surface area contributed by atoms with Crippen molar-refractivity contribution < 1.29 is 9.59 Å². The van der Waals surface area contributed by atoms with Gasteiger partial charge in [0.05, 0.1) is 11.4 Å². The molecular formula is C20H16N4O2S2. The molecule has 0 fully saturated rings. The van der Waals surface area contributed by atoms with Crippen molar-refractivity contribution in [2.75, 3.05) is 11.1 Å². The molecule has 2 heterocycles. The molecular weight excluding hydrogens is 392 g/mol. The van der Waals surface area contributed by atoms with E-state index in [1.807, 2.05) is 40.1 Å². The first-order valence-electron chi connectivity index (χ1n) is 8.53. The zero-order chi connectivity index (χ0) is 19.5. The summed E-state index contributed by atoms with van der Waals surface area (Å²) in [6.07, 6.45) is 0. The van der Waals surface area contributed by atoms with Gasteiger partial charge in [0.25, 0.3) is 0 Å². The van der Waals surface area contributed by atoms with Crippen LogP contribution in [0.4, 0.5) is 5.69 Å². The number of hydrogen-bond donors (Lipinski definition) is 1. The van der Waals surface area contributed by atoms with Crippen LogP contribution in [-0.2, 0) is 4.79 Å². The van der Waals surface area contributed by atoms with Gasteiger partial charge in [0.15, 0.2) is 10.9 Å². The molecule has 0 aliphatic heterocycles. The lowest BCUT2D eigenvalue weighted by atomic mass is 10.1. The monoisotopic (exact) mass is 408 g/mol. The number of Topliss-reactive ketones (excluding diaryl/α,β-unsaturated/α-hetero) is 1. The minimum atomic E-state index is -0.145. The number of thiazole rings is 1. The predicted octanol–water partition coefficient (Wildman–Crippen LogP) is 4.39. The van der Waals surface area contributed by atoms with Gasteiger partial charge in [-0.25, -0.2) is 0 Å². The Morgan fingerprint density at radius 2 is 1.82 bits per heavy atom. The summed E-state index contributed by atoms with van der Waals surface area (Å²) in [5.41, 5.74) is 3.35. The van der Waals surface area contributed by atoms with E-state index in [9.17, 15) is 9.59 Å². The highest BCUT2D eigenvalue weighted by Crippen LogP contribution is 2.29. The van der Waals surface area contributed by atoms with E-state index in [-0.39, 0.29) is 17.4 Å². The number of nitrogens with zero attached hydrogens (tertiary/aromatic N) is 3. The number of anilines is 1. The van der Waals surface area contributed by atoms with Crippen molar-refractivity contribution in [3.8, 4) is 11.3 Å². The summed E-state index contributed by atoms with van der Waals surface area (Å²) in [6, 6.07) is 16.9. The Morgan fingerprint density at radius 1 is 1.07 bits per heavy atom. The van der Waals surface area contributed by atoms with Gasteiger partial charge in [-0.15, -0.1) is 21.5 Å². The summed E-state index contributed by atoms with van der Waals surface area (Å²) in [4.78, 5) is 24.4. The fourth-order valence-corrected chi connectivity index (χ4v) is 4.35. The molecule has 0 spiro atoms. The first-order chi connectivity index (χ1) is 13.6. The number of thioether (sulfide) groups is 1. The molecule has 8 heteroatoms. The highest BCUT2D eigenvalue weighted by atomic mass is 32.2. The quantitative estimate of drug-likeness (QED) is 0.378. The van der Waals surface area contributed by atoms with Crippen LogP contribution in [0.15, 0.2) is 65.1 Å². The number of carbonyl (C=O) groups is 2. The minimum absolute atomic E-state index is 0.00533. The van der Waals surface area contributed by atoms with E-state index in [2.05, 4.69) is 15.5 Å². The molecule has 2 aromatic carbocycles. The second-order valence-electron chi connectivity index (χ2n) is 6.06. The number of benzene rings is 2. The predicted molar refractivity (Wildman–Crippen MR) is 112 cm³/mol. The topological polar surface area (TPSA) is 76.4 Å². The standard InChI is InChI=1S/C20H16N4O2S2/c1-13(25)14-7-9-16(10-8-14)21-18(26)12-28-20-23-22-19-24(20)17(11-27-19)15-5-3-2-4-6-15/h2-11H,12H2,1H3,(H,21,26). The Balaban J connectivity index is 1.46. The number of nitrogens with one attached hydrogen (secondary N) is 1. The van der Waals surface area contributed by atoms with Crippen LogP contribution < -0.4 is 5.32 Å². The number of amides is 1. The molecule has 4 aromatic rings. The van der Waals surface area contributed by atoms with Crippen LogP contribution in [-0.4, -0.2) is 32.0 Å². The average molecular weight is 409 g/mol. The summed E-state index contributed by atoms with van der Waals surface area (Å²) >= 11 is 2.85. The third-order valence-corrected chi connectivity index (χ3v) is 5.84. The Morgan fingerprint density at radius 3 is 2.54 bits per heavy atom. The summed E-state index contributed by atoms with van der Waals surface area (Å²) in [7, 11) is 0. The number of carbonyl (C=O) groups excluding carboxylic acids is 2. The highest BCUT2D eigenvalue weighted by molar-refractivity contribution is 7.99. The van der Waals surface area contributed by atoms with Crippen molar-refractivity contribution >= 4 is 45.4 Å². The van der Waals surface area contributed by atoms with Crippen LogP contribution in [0.1, 0.15) is 17.3 Å². The van der Waals surface area contributed by atoms with Gasteiger partial charge in [-0.3, -0.25) is 14.0 Å². The van der Waals surface area contributed by atoms with Gasteiger partial charge in [-0.1, -0.05) is 42.1 Å². The van der Waals surface area contributed by atoms with E-state index >= 15 is 0 Å². The molecule has 140 valence electrons. The molecule has 0 aliphatic rings. The lowest BCUT2D eigenvalue weighted by Gasteiger charge is -2.06. The van der Waals surface area contributed by atoms with Gasteiger partial charge in [-0.05, 0) is 36.8 Å². The van der Waals surface area contributed by atoms with Crippen LogP contribution in [0.5, 0.6) is 0 Å². The summed E-state index contributed by atoms with van der Waals surface area (Å²) in [6.45, 7) is 1.51. The average Bonchev–Trinajstić information content (AvgIpc) is 3.30. The molecule has 4 rings (SSSR count). The minimum Gasteiger partial charge on any atom is -0.325 e. The number of aromatic nitrogens is 3. The van der Waals surface area contributed by atoms with Crippen molar-refractivity contribution in [1.82, 2.24) is 14.6 Å². The summed E-state index contributed by atoms with van der Waals surface area (Å²) in [5.74, 6) is 0.0577. The molecule has 6 nitrogen and oxygen atoms in total. The van der Waals surface area contributed by atoms with Crippen LogP contribution >= 0.6 is 23.1 Å². The lowest BCUT2D eigenvalue weighted by Crippen LogP contribution is -2.14. The lowest BCUT2D eigenvalue weighted by molar-refractivity contribution is -0.113. The van der Waals surface area contributed by atoms with Crippen LogP contribution in [0, 0.1) is 0 Å². The van der Waals surface area contributed by atoms with E-state index in [4.69, 9.17) is 0 Å². The van der Waals surface area contributed by atoms with Gasteiger partial charge in [-0.2, -0.15) is 0 Å². The van der Waals surface area contributed by atoms with Gasteiger partial charge < -0.3 is 5.32 Å². The van der Waals surface area contributed by atoms with E-state index in [0.29, 0.717) is 16.4 Å². The molecule has 0 unspecified atom stereocenters. The third kappa shape index (κ3) is 3.83. The fraction of sp³-hybridized carbons (Fsp3) is 0.100. The normalized spacial score (nSPS) is 10.9. The third-order valence-electron chi connectivity index (χ3n) is 4.10. The highest BCUT2D eigenvalue weighted by Gasteiger charge is 2.15. The van der Waals surface area contributed by atoms with E-state index < -0.39 is 0 Å². The molecule has 1 amide bonds. The van der Waals surface area contributed by atoms with Crippen molar-refractivity contribution in [2.24, 2.45) is 0 Å². The second-order valence-corrected chi connectivity index (χ2v) is 7.84. The summed E-state index contributed by atoms with van der Waals surface area (Å²) < 4.78 is 1.97. The molecule has 0 bridgehead atoms. The van der Waals surface area contributed by atoms with Crippen molar-refractivity contribution in [2.45, 2.75) is 12.1 Å². The second kappa shape index (κ2) is 7.95. The van der Waals surface area contributed by atoms with Crippen LogP contribution in [0.2, 0.25) is 0 Å². The number of fused-ring (bicyclic) bond motifs is 1. The maximum Gasteiger partial charge on any atom is 0.234 e. The maximum absolute atomic E-state index is 12.3. The molecule has 2 aromatic heterocycles. The molecule has 0 saturated heterocycles. The van der Waals surface area contributed by atoms with Crippen LogP contribution in [0.25, 0.3) is 16.2 Å². The molecule has 1 N–H and O–H groups in total. The van der Waals surface area contributed by atoms with Gasteiger partial charge in [0.2, 0.25) is 10.9 Å². The Bertz CT molecular complexity index is 1130. The Hall–Kier alpha value is -2.97. The van der Waals surface area contributed by atoms with E-state index in [1.54, 1.807) is 24.3 Å². The van der Waals surface area contributed by atoms with Crippen molar-refractivity contribution in [3.63, 3.8) is 0 Å². The van der Waals surface area contributed by atoms with Gasteiger partial charge in [0, 0.05) is 16.6 Å². The number of hydrogen-bond acceptors (Lipinski definition) is 6. The van der Waals surface area contributed by atoms with Crippen molar-refractivity contribution in [1.29, 1.82) is 0 Å². The number of rotatable bonds is 6. The SMILES string of the molecule is CC(=O)c1ccc(NC(=O)CSc2nnc3scc(-c4ccccc4)n23)cc1. The van der Waals surface area contributed by atoms with Gasteiger partial charge in [0.1, 0.15) is 0 Å².